The highest BCUT2D eigenvalue weighted by Crippen LogP contribution is 2.28. The molecule has 1 heterocycles. The third kappa shape index (κ3) is 6.17. The number of aromatic nitrogens is 2. The minimum absolute atomic E-state index is 0.267. The fraction of sp³-hybridized carbons (Fsp3) is 0.238. The molecule has 0 bridgehead atoms. The van der Waals surface area contributed by atoms with Crippen molar-refractivity contribution in [3.05, 3.63) is 77.6 Å². The van der Waals surface area contributed by atoms with Crippen LogP contribution in [-0.4, -0.2) is 33.2 Å². The van der Waals surface area contributed by atoms with Gasteiger partial charge in [-0.05, 0) is 54.5 Å². The van der Waals surface area contributed by atoms with Gasteiger partial charge < -0.3 is 19.5 Å². The number of rotatable bonds is 8. The number of methoxy groups -OCH3 is 1. The first-order valence-corrected chi connectivity index (χ1v) is 9.93. The lowest BCUT2D eigenvalue weighted by Crippen LogP contribution is -2.35. The van der Waals surface area contributed by atoms with Crippen molar-refractivity contribution >= 4 is 34.6 Å². The van der Waals surface area contributed by atoms with Gasteiger partial charge in [0.15, 0.2) is 5.11 Å². The molecule has 0 fully saturated rings. The minimum Gasteiger partial charge on any atom is -0.495 e. The molecular formula is C21H22ClFN4OS. The summed E-state index contributed by atoms with van der Waals surface area (Å²) in [6, 6.07) is 11.8. The normalized spacial score (nSPS) is 10.6. The number of aryl methyl sites for hydroxylation is 1. The van der Waals surface area contributed by atoms with Crippen molar-refractivity contribution < 1.29 is 9.13 Å². The summed E-state index contributed by atoms with van der Waals surface area (Å²) in [6.45, 7) is 1.97. The van der Waals surface area contributed by atoms with Gasteiger partial charge in [0.1, 0.15) is 11.6 Å². The minimum atomic E-state index is -0.267. The Balaban J connectivity index is 1.73. The molecule has 0 radical (unpaired) electrons. The Labute approximate surface area is 180 Å². The Morgan fingerprint density at radius 3 is 2.90 bits per heavy atom. The van der Waals surface area contributed by atoms with E-state index in [4.69, 9.17) is 28.6 Å². The zero-order valence-electron chi connectivity index (χ0n) is 16.0. The van der Waals surface area contributed by atoms with Gasteiger partial charge in [-0.2, -0.15) is 0 Å². The van der Waals surface area contributed by atoms with Gasteiger partial charge in [0.05, 0.1) is 19.1 Å². The Bertz CT molecular complexity index is 952. The number of hydrogen-bond acceptors (Lipinski definition) is 3. The molecule has 2 aromatic carbocycles. The zero-order valence-corrected chi connectivity index (χ0v) is 17.6. The molecule has 0 aliphatic rings. The summed E-state index contributed by atoms with van der Waals surface area (Å²) in [5, 5.41) is 4.31. The van der Waals surface area contributed by atoms with Crippen LogP contribution < -0.4 is 10.1 Å². The third-order valence-corrected chi connectivity index (χ3v) is 4.95. The highest BCUT2D eigenvalue weighted by molar-refractivity contribution is 7.80. The van der Waals surface area contributed by atoms with Gasteiger partial charge in [0, 0.05) is 37.1 Å². The second-order valence-corrected chi connectivity index (χ2v) is 7.30. The first-order valence-electron chi connectivity index (χ1n) is 9.15. The van der Waals surface area contributed by atoms with Gasteiger partial charge in [0.2, 0.25) is 0 Å². The fourth-order valence-corrected chi connectivity index (χ4v) is 3.38. The first-order chi connectivity index (χ1) is 14.0. The van der Waals surface area contributed by atoms with Crippen molar-refractivity contribution in [2.75, 3.05) is 19.0 Å². The molecule has 8 heteroatoms. The molecule has 5 nitrogen and oxygen atoms in total. The second kappa shape index (κ2) is 10.2. The van der Waals surface area contributed by atoms with Gasteiger partial charge in [-0.25, -0.2) is 9.37 Å². The van der Waals surface area contributed by atoms with E-state index in [0.717, 1.165) is 18.5 Å². The van der Waals surface area contributed by atoms with Gasteiger partial charge in [-0.3, -0.25) is 0 Å². The molecule has 0 saturated heterocycles. The molecular weight excluding hydrogens is 411 g/mol. The summed E-state index contributed by atoms with van der Waals surface area (Å²) >= 11 is 11.8. The van der Waals surface area contributed by atoms with Gasteiger partial charge in [-0.1, -0.05) is 23.7 Å². The van der Waals surface area contributed by atoms with Crippen molar-refractivity contribution in [3.63, 3.8) is 0 Å². The van der Waals surface area contributed by atoms with Crippen LogP contribution in [0.25, 0.3) is 0 Å². The summed E-state index contributed by atoms with van der Waals surface area (Å²) in [7, 11) is 1.59. The second-order valence-electron chi connectivity index (χ2n) is 6.48. The summed E-state index contributed by atoms with van der Waals surface area (Å²) in [6.07, 6.45) is 6.30. The monoisotopic (exact) mass is 432 g/mol. The molecule has 1 N–H and O–H groups in total. The van der Waals surface area contributed by atoms with Crippen LogP contribution in [0.15, 0.2) is 61.2 Å². The molecule has 0 aliphatic heterocycles. The molecule has 3 aromatic rings. The molecule has 1 aromatic heterocycles. The average Bonchev–Trinajstić information content (AvgIpc) is 3.21. The zero-order chi connectivity index (χ0) is 20.6. The highest BCUT2D eigenvalue weighted by atomic mass is 35.5. The van der Waals surface area contributed by atoms with E-state index in [9.17, 15) is 4.39 Å². The van der Waals surface area contributed by atoms with Crippen molar-refractivity contribution in [2.24, 2.45) is 0 Å². The quantitative estimate of drug-likeness (QED) is 0.509. The summed E-state index contributed by atoms with van der Waals surface area (Å²) < 4.78 is 21.0. The number of halogens is 2. The Kier molecular flexibility index (Phi) is 7.43. The van der Waals surface area contributed by atoms with Crippen LogP contribution in [0, 0.1) is 5.82 Å². The van der Waals surface area contributed by atoms with Crippen LogP contribution in [0.2, 0.25) is 5.02 Å². The number of nitrogens with zero attached hydrogens (tertiary/aromatic N) is 3. The summed E-state index contributed by atoms with van der Waals surface area (Å²) in [4.78, 5) is 6.06. The Hall–Kier alpha value is -2.64. The fourth-order valence-electron chi connectivity index (χ4n) is 2.94. The molecule has 29 heavy (non-hydrogen) atoms. The van der Waals surface area contributed by atoms with Gasteiger partial charge in [0.25, 0.3) is 0 Å². The van der Waals surface area contributed by atoms with Crippen LogP contribution in [0.5, 0.6) is 5.75 Å². The van der Waals surface area contributed by atoms with Crippen molar-refractivity contribution in [2.45, 2.75) is 19.5 Å². The van der Waals surface area contributed by atoms with Crippen LogP contribution in [0.3, 0.4) is 0 Å². The molecule has 152 valence electrons. The molecule has 0 saturated carbocycles. The molecule has 0 aliphatic carbocycles. The first kappa shape index (κ1) is 21.1. The van der Waals surface area contributed by atoms with E-state index in [2.05, 4.69) is 10.3 Å². The standard InChI is InChI=1S/C21H22ClFN4OS/c1-28-20-7-6-17(22)13-19(20)25-21(29)27(10-3-9-26-11-8-24-15-26)14-16-4-2-5-18(23)12-16/h2,4-8,11-13,15H,3,9-10,14H2,1H3,(H,25,29). The molecule has 0 atom stereocenters. The summed E-state index contributed by atoms with van der Waals surface area (Å²) in [5.74, 6) is 0.372. The number of nitrogens with one attached hydrogen (secondary N) is 1. The SMILES string of the molecule is COc1ccc(Cl)cc1NC(=S)N(CCCn1ccnc1)Cc1cccc(F)c1. The van der Waals surface area contributed by atoms with Crippen molar-refractivity contribution in [1.82, 2.24) is 14.5 Å². The van der Waals surface area contributed by atoms with E-state index < -0.39 is 0 Å². The Morgan fingerprint density at radius 2 is 2.17 bits per heavy atom. The maximum absolute atomic E-state index is 13.6. The molecule has 3 rings (SSSR count). The number of hydrogen-bond donors (Lipinski definition) is 1. The molecule has 0 unspecified atom stereocenters. The largest absolute Gasteiger partial charge is 0.495 e. The Morgan fingerprint density at radius 1 is 1.31 bits per heavy atom. The van der Waals surface area contributed by atoms with Crippen LogP contribution in [-0.2, 0) is 13.1 Å². The van der Waals surface area contributed by atoms with E-state index >= 15 is 0 Å². The van der Waals surface area contributed by atoms with Crippen molar-refractivity contribution in [1.29, 1.82) is 0 Å². The predicted octanol–water partition coefficient (Wildman–Crippen LogP) is 4.97. The van der Waals surface area contributed by atoms with E-state index in [1.54, 1.807) is 43.9 Å². The average molecular weight is 433 g/mol. The van der Waals surface area contributed by atoms with E-state index in [0.29, 0.717) is 34.7 Å². The molecule has 0 amide bonds. The van der Waals surface area contributed by atoms with Gasteiger partial charge >= 0.3 is 0 Å². The van der Waals surface area contributed by atoms with Gasteiger partial charge in [-0.15, -0.1) is 0 Å². The smallest absolute Gasteiger partial charge is 0.173 e. The number of ether oxygens (including phenoxy) is 1. The van der Waals surface area contributed by atoms with Crippen LogP contribution >= 0.6 is 23.8 Å². The lowest BCUT2D eigenvalue weighted by molar-refractivity contribution is 0.394. The van der Waals surface area contributed by atoms with Crippen LogP contribution in [0.1, 0.15) is 12.0 Å². The third-order valence-electron chi connectivity index (χ3n) is 4.36. The number of imidazole rings is 1. The topological polar surface area (TPSA) is 42.3 Å². The van der Waals surface area contributed by atoms with E-state index in [1.807, 2.05) is 21.7 Å². The number of thiocarbonyl (C=S) groups is 1. The van der Waals surface area contributed by atoms with Crippen LogP contribution in [0.4, 0.5) is 10.1 Å². The number of anilines is 1. The maximum Gasteiger partial charge on any atom is 0.173 e. The maximum atomic E-state index is 13.6. The van der Waals surface area contributed by atoms with E-state index in [-0.39, 0.29) is 5.82 Å². The lowest BCUT2D eigenvalue weighted by Gasteiger charge is -2.27. The number of benzene rings is 2. The van der Waals surface area contributed by atoms with E-state index in [1.165, 1.54) is 12.1 Å². The highest BCUT2D eigenvalue weighted by Gasteiger charge is 2.14. The predicted molar refractivity (Wildman–Crippen MR) is 118 cm³/mol. The summed E-state index contributed by atoms with van der Waals surface area (Å²) in [5.41, 5.74) is 1.53. The lowest BCUT2D eigenvalue weighted by atomic mass is 10.2. The molecule has 0 spiro atoms. The van der Waals surface area contributed by atoms with Crippen molar-refractivity contribution in [3.8, 4) is 5.75 Å².